The van der Waals surface area contributed by atoms with Crippen molar-refractivity contribution in [2.24, 2.45) is 11.8 Å². The zero-order valence-electron chi connectivity index (χ0n) is 9.17. The standard InChI is InChI=1S/C11H23N/c1-8(2)11-6-10(5)7-12(11)9(3)4/h8-11H,6-7H2,1-5H3/t10-,11?/m1/s1. The molecule has 2 atom stereocenters. The molecule has 1 heteroatoms. The van der Waals surface area contributed by atoms with Crippen LogP contribution in [0.25, 0.3) is 0 Å². The largest absolute Gasteiger partial charge is 0.297 e. The zero-order valence-corrected chi connectivity index (χ0v) is 9.17. The van der Waals surface area contributed by atoms with Crippen molar-refractivity contribution in [1.82, 2.24) is 4.90 Å². The number of hydrogen-bond donors (Lipinski definition) is 0. The Morgan fingerprint density at radius 2 is 1.75 bits per heavy atom. The molecule has 1 fully saturated rings. The first kappa shape index (κ1) is 10.0. The van der Waals surface area contributed by atoms with Gasteiger partial charge in [0.2, 0.25) is 0 Å². The number of rotatable bonds is 2. The molecule has 0 spiro atoms. The molecule has 1 rings (SSSR count). The molecule has 1 saturated heterocycles. The summed E-state index contributed by atoms with van der Waals surface area (Å²) in [5.41, 5.74) is 0. The smallest absolute Gasteiger partial charge is 0.0124 e. The fourth-order valence-electron chi connectivity index (χ4n) is 2.37. The van der Waals surface area contributed by atoms with Gasteiger partial charge in [-0.25, -0.2) is 0 Å². The summed E-state index contributed by atoms with van der Waals surface area (Å²) in [5, 5.41) is 0. The average molecular weight is 169 g/mol. The lowest BCUT2D eigenvalue weighted by Crippen LogP contribution is -2.38. The fraction of sp³-hybridized carbons (Fsp3) is 1.00. The Kier molecular flexibility index (Phi) is 3.16. The first-order valence-electron chi connectivity index (χ1n) is 5.28. The van der Waals surface area contributed by atoms with Crippen LogP contribution in [0.4, 0.5) is 0 Å². The van der Waals surface area contributed by atoms with E-state index in [1.54, 1.807) is 0 Å². The van der Waals surface area contributed by atoms with E-state index in [4.69, 9.17) is 0 Å². The highest BCUT2D eigenvalue weighted by atomic mass is 15.2. The summed E-state index contributed by atoms with van der Waals surface area (Å²) in [6.45, 7) is 13.0. The van der Waals surface area contributed by atoms with Crippen LogP contribution in [0.2, 0.25) is 0 Å². The van der Waals surface area contributed by atoms with Gasteiger partial charge in [0.25, 0.3) is 0 Å². The molecule has 1 unspecified atom stereocenters. The van der Waals surface area contributed by atoms with Crippen molar-refractivity contribution in [3.63, 3.8) is 0 Å². The molecule has 0 aromatic heterocycles. The molecule has 72 valence electrons. The van der Waals surface area contributed by atoms with E-state index in [9.17, 15) is 0 Å². The zero-order chi connectivity index (χ0) is 9.30. The highest BCUT2D eigenvalue weighted by Crippen LogP contribution is 2.29. The van der Waals surface area contributed by atoms with Gasteiger partial charge >= 0.3 is 0 Å². The van der Waals surface area contributed by atoms with Crippen molar-refractivity contribution in [1.29, 1.82) is 0 Å². The molecule has 0 saturated carbocycles. The summed E-state index contributed by atoms with van der Waals surface area (Å²) < 4.78 is 0. The second-order valence-electron chi connectivity index (χ2n) is 4.94. The van der Waals surface area contributed by atoms with Gasteiger partial charge in [-0.15, -0.1) is 0 Å². The highest BCUT2D eigenvalue weighted by molar-refractivity contribution is 4.86. The van der Waals surface area contributed by atoms with Crippen molar-refractivity contribution in [2.75, 3.05) is 6.54 Å². The van der Waals surface area contributed by atoms with Crippen LogP contribution in [0.3, 0.4) is 0 Å². The molecule has 1 aliphatic rings. The Morgan fingerprint density at radius 1 is 1.17 bits per heavy atom. The van der Waals surface area contributed by atoms with E-state index < -0.39 is 0 Å². The van der Waals surface area contributed by atoms with E-state index in [0.29, 0.717) is 0 Å². The van der Waals surface area contributed by atoms with Gasteiger partial charge in [-0.3, -0.25) is 4.90 Å². The lowest BCUT2D eigenvalue weighted by molar-refractivity contribution is 0.164. The van der Waals surface area contributed by atoms with E-state index in [2.05, 4.69) is 39.5 Å². The molecular formula is C11H23N. The third kappa shape index (κ3) is 2.01. The molecule has 0 bridgehead atoms. The summed E-state index contributed by atoms with van der Waals surface area (Å²) in [5.74, 6) is 1.72. The quantitative estimate of drug-likeness (QED) is 0.614. The van der Waals surface area contributed by atoms with Crippen LogP contribution in [-0.2, 0) is 0 Å². The highest BCUT2D eigenvalue weighted by Gasteiger charge is 2.32. The minimum absolute atomic E-state index is 0.724. The molecule has 0 amide bonds. The van der Waals surface area contributed by atoms with E-state index in [1.165, 1.54) is 13.0 Å². The van der Waals surface area contributed by atoms with Crippen LogP contribution in [0, 0.1) is 11.8 Å². The van der Waals surface area contributed by atoms with Crippen LogP contribution in [-0.4, -0.2) is 23.5 Å². The van der Waals surface area contributed by atoms with Gasteiger partial charge in [0.15, 0.2) is 0 Å². The Labute approximate surface area is 77.1 Å². The third-order valence-electron chi connectivity index (χ3n) is 3.03. The molecule has 1 nitrogen and oxygen atoms in total. The molecule has 0 aromatic rings. The van der Waals surface area contributed by atoms with Crippen molar-refractivity contribution in [3.8, 4) is 0 Å². The Morgan fingerprint density at radius 3 is 2.08 bits per heavy atom. The van der Waals surface area contributed by atoms with E-state index >= 15 is 0 Å². The van der Waals surface area contributed by atoms with Crippen LogP contribution in [0.15, 0.2) is 0 Å². The van der Waals surface area contributed by atoms with Crippen molar-refractivity contribution >= 4 is 0 Å². The molecule has 1 aliphatic heterocycles. The van der Waals surface area contributed by atoms with E-state index in [0.717, 1.165) is 23.9 Å². The second-order valence-corrected chi connectivity index (χ2v) is 4.94. The third-order valence-corrected chi connectivity index (χ3v) is 3.03. The monoisotopic (exact) mass is 169 g/mol. The normalized spacial score (nSPS) is 32.2. The minimum atomic E-state index is 0.724. The molecule has 0 N–H and O–H groups in total. The maximum Gasteiger partial charge on any atom is 0.0124 e. The first-order valence-corrected chi connectivity index (χ1v) is 5.28. The number of nitrogens with zero attached hydrogens (tertiary/aromatic N) is 1. The molecule has 0 aliphatic carbocycles. The maximum absolute atomic E-state index is 2.66. The van der Waals surface area contributed by atoms with Crippen molar-refractivity contribution in [2.45, 2.75) is 53.1 Å². The predicted octanol–water partition coefficient (Wildman–Crippen LogP) is 2.76. The lowest BCUT2D eigenvalue weighted by Gasteiger charge is -2.30. The van der Waals surface area contributed by atoms with Gasteiger partial charge < -0.3 is 0 Å². The molecular weight excluding hydrogens is 146 g/mol. The summed E-state index contributed by atoms with van der Waals surface area (Å²) in [6.07, 6.45) is 1.40. The molecule has 1 heterocycles. The second kappa shape index (κ2) is 3.78. The van der Waals surface area contributed by atoms with Gasteiger partial charge in [0.1, 0.15) is 0 Å². The van der Waals surface area contributed by atoms with Crippen LogP contribution >= 0.6 is 0 Å². The van der Waals surface area contributed by atoms with Crippen LogP contribution < -0.4 is 0 Å². The lowest BCUT2D eigenvalue weighted by atomic mass is 9.98. The average Bonchev–Trinajstić information content (AvgIpc) is 2.31. The minimum Gasteiger partial charge on any atom is -0.297 e. The first-order chi connectivity index (χ1) is 5.52. The van der Waals surface area contributed by atoms with Crippen LogP contribution in [0.5, 0.6) is 0 Å². The van der Waals surface area contributed by atoms with Gasteiger partial charge in [0, 0.05) is 18.6 Å². The van der Waals surface area contributed by atoms with E-state index in [1.807, 2.05) is 0 Å². The Balaban J connectivity index is 2.59. The SMILES string of the molecule is CC(C)C1C[C@@H](C)CN1C(C)C. The maximum atomic E-state index is 2.66. The van der Waals surface area contributed by atoms with Crippen molar-refractivity contribution in [3.05, 3.63) is 0 Å². The van der Waals surface area contributed by atoms with Gasteiger partial charge in [-0.1, -0.05) is 20.8 Å². The molecule has 0 radical (unpaired) electrons. The van der Waals surface area contributed by atoms with Gasteiger partial charge in [0.05, 0.1) is 0 Å². The summed E-state index contributed by atoms with van der Waals surface area (Å²) >= 11 is 0. The Hall–Kier alpha value is -0.0400. The van der Waals surface area contributed by atoms with Gasteiger partial charge in [-0.2, -0.15) is 0 Å². The molecule has 0 aromatic carbocycles. The summed E-state index contributed by atoms with van der Waals surface area (Å²) in [6, 6.07) is 1.56. The van der Waals surface area contributed by atoms with Gasteiger partial charge in [-0.05, 0) is 32.1 Å². The van der Waals surface area contributed by atoms with E-state index in [-0.39, 0.29) is 0 Å². The van der Waals surface area contributed by atoms with Crippen molar-refractivity contribution < 1.29 is 0 Å². The predicted molar refractivity (Wildman–Crippen MR) is 54.2 cm³/mol. The Bertz CT molecular complexity index is 124. The number of hydrogen-bond acceptors (Lipinski definition) is 1. The topological polar surface area (TPSA) is 3.24 Å². The fourth-order valence-corrected chi connectivity index (χ4v) is 2.37. The summed E-state index contributed by atoms with van der Waals surface area (Å²) in [4.78, 5) is 2.66. The molecule has 12 heavy (non-hydrogen) atoms. The summed E-state index contributed by atoms with van der Waals surface area (Å²) in [7, 11) is 0. The number of likely N-dealkylation sites (tertiary alicyclic amines) is 1. The van der Waals surface area contributed by atoms with Crippen LogP contribution in [0.1, 0.15) is 41.0 Å².